The number of halogens is 1. The van der Waals surface area contributed by atoms with Gasteiger partial charge in [-0.1, -0.05) is 54.4 Å². The fourth-order valence-corrected chi connectivity index (χ4v) is 2.86. The summed E-state index contributed by atoms with van der Waals surface area (Å²) in [5.74, 6) is 1.20. The topological polar surface area (TPSA) is 52.0 Å². The minimum Gasteiger partial charge on any atom is -0.457 e. The lowest BCUT2D eigenvalue weighted by atomic mass is 10.1. The molecule has 0 spiro atoms. The zero-order valence-corrected chi connectivity index (χ0v) is 15.0. The standard InChI is InChI=1S/C19H18BrN3O/c1-2-18(24-17-11-7-6-10-16(17)20)23-13-15(12-22-19(23)21)14-8-4-3-5-9-14/h3-13,18,21H,2H2,1H3/p+1. The first-order valence-electron chi connectivity index (χ1n) is 7.82. The molecule has 1 atom stereocenters. The summed E-state index contributed by atoms with van der Waals surface area (Å²) in [7, 11) is 0. The molecule has 0 amide bonds. The van der Waals surface area contributed by atoms with Gasteiger partial charge in [0.15, 0.2) is 0 Å². The molecule has 4 nitrogen and oxygen atoms in total. The lowest BCUT2D eigenvalue weighted by Gasteiger charge is -2.19. The Balaban J connectivity index is 1.95. The maximum atomic E-state index is 6.15. The number of para-hydroxylation sites is 1. The fraction of sp³-hybridized carbons (Fsp3) is 0.158. The van der Waals surface area contributed by atoms with Crippen molar-refractivity contribution in [2.24, 2.45) is 0 Å². The fourth-order valence-electron chi connectivity index (χ4n) is 2.49. The van der Waals surface area contributed by atoms with E-state index in [0.717, 1.165) is 27.8 Å². The van der Waals surface area contributed by atoms with E-state index >= 15 is 0 Å². The van der Waals surface area contributed by atoms with Gasteiger partial charge in [-0.25, -0.2) is 0 Å². The molecule has 1 unspecified atom stereocenters. The van der Waals surface area contributed by atoms with Crippen molar-refractivity contribution in [3.8, 4) is 16.9 Å². The Morgan fingerprint density at radius 2 is 1.79 bits per heavy atom. The number of nitrogen functional groups attached to an aromatic ring is 1. The number of hydrogen-bond donors (Lipinski definition) is 1. The van der Waals surface area contributed by atoms with E-state index < -0.39 is 0 Å². The maximum absolute atomic E-state index is 6.15. The van der Waals surface area contributed by atoms with Crippen molar-refractivity contribution in [1.29, 1.82) is 0 Å². The van der Waals surface area contributed by atoms with Gasteiger partial charge in [-0.05, 0) is 33.6 Å². The SMILES string of the molecule is CCC(Oc1ccccc1Br)[n+]1cc(-c2ccccc2)cnc1N. The molecule has 0 radical (unpaired) electrons. The minimum absolute atomic E-state index is 0.236. The number of hydrogen-bond acceptors (Lipinski definition) is 3. The van der Waals surface area contributed by atoms with Crippen LogP contribution in [0.1, 0.15) is 19.6 Å². The monoisotopic (exact) mass is 384 g/mol. The molecule has 0 aliphatic heterocycles. The van der Waals surface area contributed by atoms with E-state index in [4.69, 9.17) is 10.5 Å². The molecular weight excluding hydrogens is 366 g/mol. The Labute approximate surface area is 150 Å². The third kappa shape index (κ3) is 3.57. The predicted molar refractivity (Wildman–Crippen MR) is 98.4 cm³/mol. The number of nitrogens with zero attached hydrogens (tertiary/aromatic N) is 2. The Bertz CT molecular complexity index is 824. The van der Waals surface area contributed by atoms with E-state index in [2.05, 4.69) is 27.8 Å². The van der Waals surface area contributed by atoms with Gasteiger partial charge in [-0.3, -0.25) is 5.73 Å². The van der Waals surface area contributed by atoms with E-state index in [1.54, 1.807) is 6.20 Å². The van der Waals surface area contributed by atoms with E-state index in [0.29, 0.717) is 5.95 Å². The van der Waals surface area contributed by atoms with Crippen molar-refractivity contribution in [2.75, 3.05) is 5.73 Å². The van der Waals surface area contributed by atoms with E-state index in [9.17, 15) is 0 Å². The summed E-state index contributed by atoms with van der Waals surface area (Å²) in [4.78, 5) is 4.34. The molecule has 2 aromatic carbocycles. The summed E-state index contributed by atoms with van der Waals surface area (Å²) in [6, 6.07) is 17.9. The van der Waals surface area contributed by atoms with Crippen LogP contribution in [0.25, 0.3) is 11.1 Å². The average Bonchev–Trinajstić information content (AvgIpc) is 2.62. The maximum Gasteiger partial charge on any atom is 0.392 e. The first kappa shape index (κ1) is 16.5. The molecule has 2 N–H and O–H groups in total. The summed E-state index contributed by atoms with van der Waals surface area (Å²) in [5.41, 5.74) is 8.19. The normalized spacial score (nSPS) is 11.9. The van der Waals surface area contributed by atoms with Crippen molar-refractivity contribution >= 4 is 21.9 Å². The van der Waals surface area contributed by atoms with Crippen LogP contribution in [0, 0.1) is 0 Å². The molecule has 24 heavy (non-hydrogen) atoms. The van der Waals surface area contributed by atoms with Crippen molar-refractivity contribution in [3.63, 3.8) is 0 Å². The lowest BCUT2D eigenvalue weighted by Crippen LogP contribution is -2.45. The van der Waals surface area contributed by atoms with Gasteiger partial charge < -0.3 is 4.74 Å². The molecule has 0 aliphatic rings. The first-order chi connectivity index (χ1) is 11.7. The van der Waals surface area contributed by atoms with Crippen LogP contribution in [-0.2, 0) is 0 Å². The zero-order chi connectivity index (χ0) is 16.9. The van der Waals surface area contributed by atoms with E-state index in [1.807, 2.05) is 65.4 Å². The molecule has 1 heterocycles. The van der Waals surface area contributed by atoms with Crippen LogP contribution in [0.2, 0.25) is 0 Å². The highest BCUT2D eigenvalue weighted by atomic mass is 79.9. The third-order valence-corrected chi connectivity index (χ3v) is 4.40. The van der Waals surface area contributed by atoms with Crippen molar-refractivity contribution in [2.45, 2.75) is 19.6 Å². The average molecular weight is 385 g/mol. The molecule has 122 valence electrons. The summed E-state index contributed by atoms with van der Waals surface area (Å²) in [6.45, 7) is 2.06. The number of ether oxygens (including phenoxy) is 1. The summed E-state index contributed by atoms with van der Waals surface area (Å²) < 4.78 is 8.94. The molecule has 0 saturated carbocycles. The summed E-state index contributed by atoms with van der Waals surface area (Å²) in [6.07, 6.45) is 4.30. The number of anilines is 1. The quantitative estimate of drug-likeness (QED) is 0.664. The lowest BCUT2D eigenvalue weighted by molar-refractivity contribution is -0.743. The number of nitrogens with two attached hydrogens (primary N) is 1. The molecule has 3 aromatic rings. The van der Waals surface area contributed by atoms with Crippen LogP contribution >= 0.6 is 15.9 Å². The highest BCUT2D eigenvalue weighted by Gasteiger charge is 2.20. The van der Waals surface area contributed by atoms with Gasteiger partial charge in [0, 0.05) is 12.0 Å². The predicted octanol–water partition coefficient (Wildman–Crippen LogP) is 4.37. The van der Waals surface area contributed by atoms with Gasteiger partial charge in [0.2, 0.25) is 6.23 Å². The second kappa shape index (κ2) is 7.45. The zero-order valence-electron chi connectivity index (χ0n) is 13.4. The van der Waals surface area contributed by atoms with Crippen LogP contribution in [0.3, 0.4) is 0 Å². The smallest absolute Gasteiger partial charge is 0.392 e. The molecule has 0 fully saturated rings. The van der Waals surface area contributed by atoms with Crippen molar-refractivity contribution in [3.05, 3.63) is 71.5 Å². The third-order valence-electron chi connectivity index (χ3n) is 3.74. The van der Waals surface area contributed by atoms with E-state index in [1.165, 1.54) is 0 Å². The molecule has 3 rings (SSSR count). The first-order valence-corrected chi connectivity index (χ1v) is 8.61. The van der Waals surface area contributed by atoms with Gasteiger partial charge in [0.1, 0.15) is 11.9 Å². The number of aromatic nitrogens is 2. The highest BCUT2D eigenvalue weighted by Crippen LogP contribution is 2.27. The van der Waals surface area contributed by atoms with Gasteiger partial charge in [0.05, 0.1) is 10.7 Å². The van der Waals surface area contributed by atoms with E-state index in [-0.39, 0.29) is 6.23 Å². The molecule has 1 aromatic heterocycles. The summed E-state index contributed by atoms with van der Waals surface area (Å²) in [5, 5.41) is 0. The largest absolute Gasteiger partial charge is 0.457 e. The highest BCUT2D eigenvalue weighted by molar-refractivity contribution is 9.10. The Morgan fingerprint density at radius 1 is 1.08 bits per heavy atom. The van der Waals surface area contributed by atoms with Crippen LogP contribution < -0.4 is 15.0 Å². The Kier molecular flexibility index (Phi) is 5.11. The number of benzene rings is 2. The number of rotatable bonds is 5. The van der Waals surface area contributed by atoms with Crippen LogP contribution in [0.4, 0.5) is 5.95 Å². The van der Waals surface area contributed by atoms with Crippen LogP contribution in [-0.4, -0.2) is 4.98 Å². The van der Waals surface area contributed by atoms with Gasteiger partial charge in [-0.2, -0.15) is 4.57 Å². The summed E-state index contributed by atoms with van der Waals surface area (Å²) >= 11 is 3.52. The van der Waals surface area contributed by atoms with Gasteiger partial charge >= 0.3 is 5.95 Å². The van der Waals surface area contributed by atoms with Crippen molar-refractivity contribution < 1.29 is 9.30 Å². The molecule has 5 heteroatoms. The van der Waals surface area contributed by atoms with Crippen LogP contribution in [0.15, 0.2) is 71.5 Å². The Hall–Kier alpha value is -2.40. The molecule has 0 bridgehead atoms. The molecule has 0 aliphatic carbocycles. The van der Waals surface area contributed by atoms with Crippen molar-refractivity contribution in [1.82, 2.24) is 4.98 Å². The Morgan fingerprint density at radius 3 is 2.50 bits per heavy atom. The van der Waals surface area contributed by atoms with Gasteiger partial charge in [-0.15, -0.1) is 0 Å². The minimum atomic E-state index is -0.236. The second-order valence-electron chi connectivity index (χ2n) is 5.39. The van der Waals surface area contributed by atoms with Crippen LogP contribution in [0.5, 0.6) is 5.75 Å². The second-order valence-corrected chi connectivity index (χ2v) is 6.24. The molecule has 0 saturated heterocycles. The van der Waals surface area contributed by atoms with Gasteiger partial charge in [0.25, 0.3) is 0 Å². The molecular formula is C19H19BrN3O+.